The molecule has 2 aromatic carbocycles. The van der Waals surface area contributed by atoms with Gasteiger partial charge in [-0.2, -0.15) is 10.4 Å². The molecule has 3 rings (SSSR count). The molecular weight excluding hydrogens is 342 g/mol. The van der Waals surface area contributed by atoms with Gasteiger partial charge >= 0.3 is 0 Å². The predicted molar refractivity (Wildman–Crippen MR) is 105 cm³/mol. The first-order chi connectivity index (χ1) is 13.1. The highest BCUT2D eigenvalue weighted by Gasteiger charge is 2.09. The fraction of sp³-hybridized carbons (Fsp3) is 0.200. The number of nitrogens with one attached hydrogen (secondary N) is 1. The Bertz CT molecular complexity index is 1080. The lowest BCUT2D eigenvalue weighted by molar-refractivity contribution is 0.368. The van der Waals surface area contributed by atoms with Crippen LogP contribution in [0.3, 0.4) is 0 Å². The van der Waals surface area contributed by atoms with Gasteiger partial charge in [-0.25, -0.2) is 10.4 Å². The van der Waals surface area contributed by atoms with Gasteiger partial charge in [-0.3, -0.25) is 9.36 Å². The zero-order valence-corrected chi connectivity index (χ0v) is 15.1. The van der Waals surface area contributed by atoms with Crippen molar-refractivity contribution in [3.63, 3.8) is 0 Å². The number of nitriles is 1. The topological polar surface area (TPSA) is 92.3 Å². The lowest BCUT2D eigenvalue weighted by atomic mass is 10.1. The highest BCUT2D eigenvalue weighted by atomic mass is 16.5. The maximum atomic E-state index is 12.6. The van der Waals surface area contributed by atoms with E-state index in [1.807, 2.05) is 44.2 Å². The van der Waals surface area contributed by atoms with E-state index in [4.69, 9.17) is 10.00 Å². The number of benzene rings is 2. The Morgan fingerprint density at radius 1 is 1.26 bits per heavy atom. The molecule has 0 atom stereocenters. The Hall–Kier alpha value is -3.66. The molecule has 0 fully saturated rings. The minimum Gasteiger partial charge on any atom is -0.479 e. The third-order valence-corrected chi connectivity index (χ3v) is 4.08. The summed E-state index contributed by atoms with van der Waals surface area (Å²) < 4.78 is 6.79. The van der Waals surface area contributed by atoms with Gasteiger partial charge in [0.25, 0.3) is 5.56 Å². The van der Waals surface area contributed by atoms with Crippen molar-refractivity contribution in [1.29, 1.82) is 5.26 Å². The van der Waals surface area contributed by atoms with Crippen LogP contribution >= 0.6 is 0 Å². The van der Waals surface area contributed by atoms with Gasteiger partial charge in [0.15, 0.2) is 6.61 Å². The van der Waals surface area contributed by atoms with Crippen molar-refractivity contribution < 1.29 is 4.74 Å². The third-order valence-electron chi connectivity index (χ3n) is 4.08. The zero-order valence-electron chi connectivity index (χ0n) is 15.1. The van der Waals surface area contributed by atoms with Crippen molar-refractivity contribution in [2.45, 2.75) is 20.4 Å². The van der Waals surface area contributed by atoms with E-state index < -0.39 is 0 Å². The summed E-state index contributed by atoms with van der Waals surface area (Å²) in [5.74, 6) is 1.02. The molecule has 0 amide bonds. The van der Waals surface area contributed by atoms with Crippen LogP contribution in [0, 0.1) is 11.3 Å². The first kappa shape index (κ1) is 18.1. The van der Waals surface area contributed by atoms with Crippen LogP contribution in [0.15, 0.2) is 58.4 Å². The highest BCUT2D eigenvalue weighted by molar-refractivity contribution is 5.99. The molecule has 0 unspecified atom stereocenters. The van der Waals surface area contributed by atoms with Gasteiger partial charge in [-0.1, -0.05) is 12.1 Å². The number of hydrogen-bond donors (Lipinski definition) is 1. The number of fused-ring (bicyclic) bond motifs is 1. The van der Waals surface area contributed by atoms with Crippen molar-refractivity contribution in [3.8, 4) is 11.8 Å². The smallest absolute Gasteiger partial charge is 0.262 e. The maximum Gasteiger partial charge on any atom is 0.262 e. The monoisotopic (exact) mass is 361 g/mol. The lowest BCUT2D eigenvalue weighted by Crippen LogP contribution is -2.23. The van der Waals surface area contributed by atoms with Crippen molar-refractivity contribution in [2.75, 3.05) is 12.0 Å². The number of hydrogen-bond acceptors (Lipinski definition) is 6. The van der Waals surface area contributed by atoms with Crippen LogP contribution in [0.5, 0.6) is 5.75 Å². The molecule has 27 heavy (non-hydrogen) atoms. The van der Waals surface area contributed by atoms with Gasteiger partial charge in [0.05, 0.1) is 16.6 Å². The maximum absolute atomic E-state index is 12.6. The second kappa shape index (κ2) is 8.15. The number of hydrazone groups is 1. The van der Waals surface area contributed by atoms with Crippen LogP contribution < -0.4 is 15.7 Å². The summed E-state index contributed by atoms with van der Waals surface area (Å²) in [5.41, 5.74) is 5.05. The van der Waals surface area contributed by atoms with E-state index in [1.165, 1.54) is 0 Å². The number of ether oxygens (including phenoxy) is 1. The lowest BCUT2D eigenvalue weighted by Gasteiger charge is -2.11. The van der Waals surface area contributed by atoms with Gasteiger partial charge in [0, 0.05) is 6.54 Å². The molecule has 7 heteroatoms. The number of nitrogens with zero attached hydrogens (tertiary/aromatic N) is 4. The summed E-state index contributed by atoms with van der Waals surface area (Å²) in [5, 5.41) is 13.5. The highest BCUT2D eigenvalue weighted by Crippen LogP contribution is 2.14. The molecule has 0 bridgehead atoms. The Labute approximate surface area is 156 Å². The van der Waals surface area contributed by atoms with Crippen molar-refractivity contribution in [2.24, 2.45) is 5.10 Å². The predicted octanol–water partition coefficient (Wildman–Crippen LogP) is 3.15. The van der Waals surface area contributed by atoms with Gasteiger partial charge in [-0.05, 0) is 55.8 Å². The standard InChI is InChI=1S/C20H19N5O2/c1-3-25-19(26)17-6-4-5-7-18(17)22-20(25)24-23-14(2)15-8-10-16(11-9-15)27-13-12-21/h4-11H,3,13H2,1-2H3,(H,22,24)/b23-14-. The molecule has 0 aliphatic rings. The fourth-order valence-corrected chi connectivity index (χ4v) is 2.65. The molecule has 1 aromatic heterocycles. The van der Waals surface area contributed by atoms with Crippen LogP contribution in [0.4, 0.5) is 5.95 Å². The number of aromatic nitrogens is 2. The number of rotatable bonds is 6. The average Bonchev–Trinajstić information content (AvgIpc) is 2.71. The van der Waals surface area contributed by atoms with Crippen LogP contribution in [0.25, 0.3) is 10.9 Å². The molecule has 7 nitrogen and oxygen atoms in total. The minimum absolute atomic E-state index is 0.0101. The van der Waals surface area contributed by atoms with E-state index in [0.29, 0.717) is 29.1 Å². The van der Waals surface area contributed by atoms with E-state index >= 15 is 0 Å². The molecule has 0 aliphatic carbocycles. The molecule has 136 valence electrons. The number of anilines is 1. The van der Waals surface area contributed by atoms with Crippen molar-refractivity contribution >= 4 is 22.6 Å². The fourth-order valence-electron chi connectivity index (χ4n) is 2.65. The summed E-state index contributed by atoms with van der Waals surface area (Å²) >= 11 is 0. The molecular formula is C20H19N5O2. The molecule has 0 saturated heterocycles. The van der Waals surface area contributed by atoms with Crippen molar-refractivity contribution in [3.05, 3.63) is 64.4 Å². The Balaban J connectivity index is 1.86. The average molecular weight is 361 g/mol. The second-order valence-electron chi connectivity index (χ2n) is 5.78. The molecule has 0 saturated carbocycles. The Kier molecular flexibility index (Phi) is 5.47. The molecule has 1 N–H and O–H groups in total. The summed E-state index contributed by atoms with van der Waals surface area (Å²) in [6, 6.07) is 16.4. The second-order valence-corrected chi connectivity index (χ2v) is 5.78. The van der Waals surface area contributed by atoms with Gasteiger partial charge in [-0.15, -0.1) is 0 Å². The SMILES string of the molecule is CCn1c(N/N=C(/C)c2ccc(OCC#N)cc2)nc2ccccc2c1=O. The normalized spacial score (nSPS) is 11.2. The Morgan fingerprint density at radius 2 is 2.00 bits per heavy atom. The molecule has 0 aliphatic heterocycles. The van der Waals surface area contributed by atoms with Crippen LogP contribution in [0.2, 0.25) is 0 Å². The summed E-state index contributed by atoms with van der Waals surface area (Å²) in [4.78, 5) is 17.1. The van der Waals surface area contributed by atoms with Gasteiger partial charge in [0.2, 0.25) is 5.95 Å². The van der Waals surface area contributed by atoms with E-state index in [9.17, 15) is 4.79 Å². The van der Waals surface area contributed by atoms with Crippen molar-refractivity contribution in [1.82, 2.24) is 9.55 Å². The summed E-state index contributed by atoms with van der Waals surface area (Å²) in [7, 11) is 0. The quantitative estimate of drug-likeness (QED) is 0.538. The first-order valence-electron chi connectivity index (χ1n) is 8.54. The van der Waals surface area contributed by atoms with Crippen LogP contribution in [-0.4, -0.2) is 21.9 Å². The minimum atomic E-state index is -0.0996. The van der Waals surface area contributed by atoms with Gasteiger partial charge in [0.1, 0.15) is 11.8 Å². The largest absolute Gasteiger partial charge is 0.479 e. The molecule has 0 radical (unpaired) electrons. The zero-order chi connectivity index (χ0) is 19.2. The van der Waals surface area contributed by atoms with Crippen LogP contribution in [-0.2, 0) is 6.54 Å². The summed E-state index contributed by atoms with van der Waals surface area (Å²) in [6.07, 6.45) is 0. The first-order valence-corrected chi connectivity index (χ1v) is 8.54. The number of para-hydroxylation sites is 1. The van der Waals surface area contributed by atoms with Crippen LogP contribution in [0.1, 0.15) is 19.4 Å². The molecule has 3 aromatic rings. The Morgan fingerprint density at radius 3 is 2.70 bits per heavy atom. The van der Waals surface area contributed by atoms with E-state index in [1.54, 1.807) is 28.8 Å². The summed E-state index contributed by atoms with van der Waals surface area (Å²) in [6.45, 7) is 4.24. The van der Waals surface area contributed by atoms with E-state index in [0.717, 1.165) is 11.3 Å². The van der Waals surface area contributed by atoms with E-state index in [-0.39, 0.29) is 12.2 Å². The van der Waals surface area contributed by atoms with E-state index in [2.05, 4.69) is 15.5 Å². The molecule has 1 heterocycles. The molecule has 0 spiro atoms. The van der Waals surface area contributed by atoms with Gasteiger partial charge < -0.3 is 4.74 Å². The third kappa shape index (κ3) is 3.96.